The van der Waals surface area contributed by atoms with Crippen LogP contribution in [0.2, 0.25) is 0 Å². The number of ether oxygens (including phenoxy) is 1. The lowest BCUT2D eigenvalue weighted by Gasteiger charge is -2.18. The Morgan fingerprint density at radius 3 is 2.48 bits per heavy atom. The number of unbranched alkanes of at least 4 members (excludes halogenated alkanes) is 2. The number of benzene rings is 1. The van der Waals surface area contributed by atoms with E-state index in [4.69, 9.17) is 4.74 Å². The third-order valence-electron chi connectivity index (χ3n) is 4.08. The highest BCUT2D eigenvalue weighted by atomic mass is 16.6. The number of hydrogen-bond acceptors (Lipinski definition) is 7. The zero-order valence-corrected chi connectivity index (χ0v) is 16.1. The number of rotatable bonds is 11. The van der Waals surface area contributed by atoms with Gasteiger partial charge in [0.15, 0.2) is 0 Å². The van der Waals surface area contributed by atoms with Crippen LogP contribution in [0.4, 0.5) is 23.0 Å². The number of anilines is 3. The molecule has 27 heavy (non-hydrogen) atoms. The fourth-order valence-electron chi connectivity index (χ4n) is 2.52. The van der Waals surface area contributed by atoms with Crippen molar-refractivity contribution in [2.45, 2.75) is 39.5 Å². The number of nitrogens with zero attached hydrogens (tertiary/aromatic N) is 4. The van der Waals surface area contributed by atoms with Crippen molar-refractivity contribution in [3.63, 3.8) is 0 Å². The van der Waals surface area contributed by atoms with Gasteiger partial charge in [0, 0.05) is 19.3 Å². The lowest BCUT2D eigenvalue weighted by Crippen LogP contribution is -2.21. The molecule has 0 atom stereocenters. The van der Waals surface area contributed by atoms with E-state index in [1.807, 2.05) is 24.3 Å². The molecule has 0 radical (unpaired) electrons. The summed E-state index contributed by atoms with van der Waals surface area (Å²) in [7, 11) is 1.80. The second-order valence-electron chi connectivity index (χ2n) is 6.28. The third-order valence-corrected chi connectivity index (χ3v) is 4.08. The van der Waals surface area contributed by atoms with Crippen molar-refractivity contribution in [1.82, 2.24) is 9.97 Å². The molecule has 146 valence electrons. The van der Waals surface area contributed by atoms with Crippen LogP contribution in [0.25, 0.3) is 0 Å². The van der Waals surface area contributed by atoms with Crippen LogP contribution in [-0.2, 0) is 0 Å². The summed E-state index contributed by atoms with van der Waals surface area (Å²) in [6, 6.07) is 7.29. The van der Waals surface area contributed by atoms with E-state index in [0.29, 0.717) is 24.7 Å². The normalized spacial score (nSPS) is 10.5. The summed E-state index contributed by atoms with van der Waals surface area (Å²) >= 11 is 0. The molecule has 8 heteroatoms. The van der Waals surface area contributed by atoms with E-state index in [2.05, 4.69) is 29.1 Å². The predicted molar refractivity (Wildman–Crippen MR) is 107 cm³/mol. The zero-order valence-electron chi connectivity index (χ0n) is 16.1. The molecule has 1 aromatic carbocycles. The van der Waals surface area contributed by atoms with Crippen LogP contribution in [0, 0.1) is 10.1 Å². The van der Waals surface area contributed by atoms with Gasteiger partial charge in [-0.3, -0.25) is 10.1 Å². The van der Waals surface area contributed by atoms with E-state index in [-0.39, 0.29) is 11.5 Å². The van der Waals surface area contributed by atoms with E-state index in [1.165, 1.54) is 6.33 Å². The van der Waals surface area contributed by atoms with Gasteiger partial charge in [0.25, 0.3) is 0 Å². The molecule has 0 aliphatic rings. The summed E-state index contributed by atoms with van der Waals surface area (Å²) < 4.78 is 5.63. The first kappa shape index (κ1) is 20.4. The average Bonchev–Trinajstić information content (AvgIpc) is 2.67. The SMILES string of the molecule is CCCCOc1ccc(Nc2ncnc(N(C)CCCC)c2[N+](=O)[O-])cc1. The largest absolute Gasteiger partial charge is 0.494 e. The maximum atomic E-state index is 11.7. The second kappa shape index (κ2) is 10.3. The summed E-state index contributed by atoms with van der Waals surface area (Å²) in [6.07, 6.45) is 5.35. The van der Waals surface area contributed by atoms with Crippen LogP contribution in [0.5, 0.6) is 5.75 Å². The number of aromatic nitrogens is 2. The molecular weight excluding hydrogens is 346 g/mol. The van der Waals surface area contributed by atoms with Gasteiger partial charge in [-0.25, -0.2) is 9.97 Å². The predicted octanol–water partition coefficient (Wildman–Crippen LogP) is 4.54. The van der Waals surface area contributed by atoms with Crippen molar-refractivity contribution in [2.75, 3.05) is 30.4 Å². The van der Waals surface area contributed by atoms with Gasteiger partial charge in [-0.05, 0) is 37.1 Å². The van der Waals surface area contributed by atoms with Crippen molar-refractivity contribution in [3.8, 4) is 5.75 Å². The van der Waals surface area contributed by atoms with Crippen molar-refractivity contribution in [2.24, 2.45) is 0 Å². The Bertz CT molecular complexity index is 737. The standard InChI is InChI=1S/C19H27N5O3/c1-4-6-12-23(3)19-17(24(25)26)18(20-14-21-19)22-15-8-10-16(11-9-15)27-13-7-5-2/h8-11,14H,4-7,12-13H2,1-3H3,(H,20,21,22). The molecule has 0 spiro atoms. The van der Waals surface area contributed by atoms with Crippen LogP contribution in [0.15, 0.2) is 30.6 Å². The molecule has 0 unspecified atom stereocenters. The summed E-state index contributed by atoms with van der Waals surface area (Å²) in [5, 5.41) is 14.7. The Morgan fingerprint density at radius 1 is 1.15 bits per heavy atom. The minimum absolute atomic E-state index is 0.126. The highest BCUT2D eigenvalue weighted by molar-refractivity contribution is 5.74. The molecule has 1 aromatic heterocycles. The molecule has 0 amide bonds. The Morgan fingerprint density at radius 2 is 1.85 bits per heavy atom. The summed E-state index contributed by atoms with van der Waals surface area (Å²) in [4.78, 5) is 21.2. The highest BCUT2D eigenvalue weighted by Crippen LogP contribution is 2.33. The number of nitro groups is 1. The topological polar surface area (TPSA) is 93.4 Å². The van der Waals surface area contributed by atoms with Crippen molar-refractivity contribution >= 4 is 23.0 Å². The van der Waals surface area contributed by atoms with E-state index in [9.17, 15) is 10.1 Å². The smallest absolute Gasteiger partial charge is 0.353 e. The van der Waals surface area contributed by atoms with Crippen molar-refractivity contribution in [1.29, 1.82) is 0 Å². The molecule has 0 aliphatic carbocycles. The van der Waals surface area contributed by atoms with Crippen LogP contribution < -0.4 is 15.0 Å². The molecule has 8 nitrogen and oxygen atoms in total. The van der Waals surface area contributed by atoms with E-state index in [0.717, 1.165) is 31.4 Å². The molecule has 0 aliphatic heterocycles. The monoisotopic (exact) mass is 373 g/mol. The molecule has 0 saturated heterocycles. The Labute approximate surface area is 159 Å². The lowest BCUT2D eigenvalue weighted by atomic mass is 10.3. The molecule has 1 heterocycles. The van der Waals surface area contributed by atoms with E-state index in [1.54, 1.807) is 11.9 Å². The lowest BCUT2D eigenvalue weighted by molar-refractivity contribution is -0.383. The van der Waals surface area contributed by atoms with Crippen molar-refractivity contribution in [3.05, 3.63) is 40.7 Å². The Kier molecular flexibility index (Phi) is 7.79. The molecule has 0 saturated carbocycles. The molecule has 0 bridgehead atoms. The highest BCUT2D eigenvalue weighted by Gasteiger charge is 2.25. The average molecular weight is 373 g/mol. The Hall–Kier alpha value is -2.90. The first-order valence-electron chi connectivity index (χ1n) is 9.27. The van der Waals surface area contributed by atoms with Crippen LogP contribution in [-0.4, -0.2) is 35.1 Å². The fourth-order valence-corrected chi connectivity index (χ4v) is 2.52. The Balaban J connectivity index is 2.19. The minimum Gasteiger partial charge on any atom is -0.494 e. The van der Waals surface area contributed by atoms with Gasteiger partial charge in [-0.2, -0.15) is 0 Å². The van der Waals surface area contributed by atoms with Crippen LogP contribution in [0.3, 0.4) is 0 Å². The molecular formula is C19H27N5O3. The number of nitrogens with one attached hydrogen (secondary N) is 1. The van der Waals surface area contributed by atoms with Crippen LogP contribution in [0.1, 0.15) is 39.5 Å². The zero-order chi connectivity index (χ0) is 19.6. The van der Waals surface area contributed by atoms with Gasteiger partial charge >= 0.3 is 5.69 Å². The summed E-state index contributed by atoms with van der Waals surface area (Å²) in [5.74, 6) is 1.25. The van der Waals surface area contributed by atoms with Gasteiger partial charge in [-0.15, -0.1) is 0 Å². The van der Waals surface area contributed by atoms with Crippen molar-refractivity contribution < 1.29 is 9.66 Å². The van der Waals surface area contributed by atoms with Crippen LogP contribution >= 0.6 is 0 Å². The van der Waals surface area contributed by atoms with Gasteiger partial charge in [0.1, 0.15) is 12.1 Å². The van der Waals surface area contributed by atoms with E-state index >= 15 is 0 Å². The number of hydrogen-bond donors (Lipinski definition) is 1. The fraction of sp³-hybridized carbons (Fsp3) is 0.474. The minimum atomic E-state index is -0.442. The quantitative estimate of drug-likeness (QED) is 0.351. The first-order valence-corrected chi connectivity index (χ1v) is 9.27. The third kappa shape index (κ3) is 5.80. The van der Waals surface area contributed by atoms with Gasteiger partial charge < -0.3 is 15.0 Å². The van der Waals surface area contributed by atoms with E-state index < -0.39 is 4.92 Å². The van der Waals surface area contributed by atoms with Gasteiger partial charge in [0.2, 0.25) is 11.6 Å². The molecule has 2 aromatic rings. The van der Waals surface area contributed by atoms with Gasteiger partial charge in [-0.1, -0.05) is 26.7 Å². The first-order chi connectivity index (χ1) is 13.1. The van der Waals surface area contributed by atoms with Gasteiger partial charge in [0.05, 0.1) is 11.5 Å². The maximum Gasteiger partial charge on any atom is 0.353 e. The molecule has 0 fully saturated rings. The summed E-state index contributed by atoms with van der Waals surface area (Å²) in [5.41, 5.74) is 0.571. The summed E-state index contributed by atoms with van der Waals surface area (Å²) in [6.45, 7) is 5.55. The molecule has 2 rings (SSSR count). The maximum absolute atomic E-state index is 11.7. The molecule has 1 N–H and O–H groups in total. The second-order valence-corrected chi connectivity index (χ2v) is 6.28.